The Balaban J connectivity index is 1.31. The van der Waals surface area contributed by atoms with Crippen molar-refractivity contribution in [2.45, 2.75) is 25.7 Å². The van der Waals surface area contributed by atoms with Crippen LogP contribution in [0.15, 0.2) is 51.5 Å². The van der Waals surface area contributed by atoms with Crippen molar-refractivity contribution in [2.24, 2.45) is 0 Å². The van der Waals surface area contributed by atoms with Crippen molar-refractivity contribution in [1.82, 2.24) is 20.2 Å². The molecule has 2 aromatic carbocycles. The van der Waals surface area contributed by atoms with Crippen LogP contribution in [0.5, 0.6) is 0 Å². The van der Waals surface area contributed by atoms with Crippen molar-refractivity contribution in [3.05, 3.63) is 74.7 Å². The smallest absolute Gasteiger partial charge is 0.259 e. The quantitative estimate of drug-likeness (QED) is 0.300. The number of carbonyl (C=O) groups excluding carboxylic acids is 1. The Labute approximate surface area is 210 Å². The second-order valence-corrected chi connectivity index (χ2v) is 9.34. The molecule has 1 amide bonds. The minimum absolute atomic E-state index is 0.0682. The van der Waals surface area contributed by atoms with E-state index in [0.717, 1.165) is 5.56 Å². The summed E-state index contributed by atoms with van der Waals surface area (Å²) in [5, 5.41) is 9.65. The molecule has 10 heteroatoms. The molecular formula is C24H19Cl3N4O3. The van der Waals surface area contributed by atoms with Gasteiger partial charge in [-0.3, -0.25) is 4.79 Å². The van der Waals surface area contributed by atoms with E-state index in [1.54, 1.807) is 42.2 Å². The van der Waals surface area contributed by atoms with Crippen molar-refractivity contribution < 1.29 is 13.8 Å². The number of halogens is 3. The van der Waals surface area contributed by atoms with Gasteiger partial charge in [0.05, 0.1) is 10.0 Å². The number of amides is 1. The van der Waals surface area contributed by atoms with Gasteiger partial charge in [0.15, 0.2) is 0 Å². The van der Waals surface area contributed by atoms with E-state index >= 15 is 0 Å². The molecule has 0 saturated carbocycles. The highest BCUT2D eigenvalue weighted by atomic mass is 35.5. The number of hydrogen-bond donors (Lipinski definition) is 0. The standard InChI is InChI=1S/C24H19Cl3N4O3/c1-13-19(21(29-33-13)20-17(26)3-2-4-18(20)27)24(32)31-11-9-15(10-12-31)23-28-22(30-34-23)14-5-7-16(25)8-6-14/h2-8,15H,9-12H2,1H3. The zero-order valence-electron chi connectivity index (χ0n) is 18.1. The average Bonchev–Trinajstić information content (AvgIpc) is 3.47. The van der Waals surface area contributed by atoms with E-state index in [9.17, 15) is 4.79 Å². The average molecular weight is 518 g/mol. The zero-order chi connectivity index (χ0) is 23.8. The molecule has 0 bridgehead atoms. The van der Waals surface area contributed by atoms with Gasteiger partial charge in [-0.2, -0.15) is 4.98 Å². The van der Waals surface area contributed by atoms with E-state index in [2.05, 4.69) is 15.3 Å². The topological polar surface area (TPSA) is 85.3 Å². The molecule has 0 N–H and O–H groups in total. The molecule has 1 saturated heterocycles. The Morgan fingerprint density at radius 1 is 0.971 bits per heavy atom. The van der Waals surface area contributed by atoms with Crippen LogP contribution in [-0.4, -0.2) is 39.2 Å². The maximum atomic E-state index is 13.4. The number of hydrogen-bond acceptors (Lipinski definition) is 6. The van der Waals surface area contributed by atoms with E-state index < -0.39 is 0 Å². The third kappa shape index (κ3) is 4.31. The minimum Gasteiger partial charge on any atom is -0.360 e. The van der Waals surface area contributed by atoms with Gasteiger partial charge < -0.3 is 13.9 Å². The van der Waals surface area contributed by atoms with E-state index in [4.69, 9.17) is 43.8 Å². The maximum absolute atomic E-state index is 13.4. The van der Waals surface area contributed by atoms with Crippen LogP contribution in [0.4, 0.5) is 0 Å². The summed E-state index contributed by atoms with van der Waals surface area (Å²) >= 11 is 18.7. The number of benzene rings is 2. The highest BCUT2D eigenvalue weighted by Crippen LogP contribution is 2.38. The number of aromatic nitrogens is 3. The third-order valence-electron chi connectivity index (χ3n) is 5.95. The number of aryl methyl sites for hydroxylation is 1. The molecule has 0 aliphatic carbocycles. The molecule has 3 heterocycles. The molecule has 5 rings (SSSR count). The highest BCUT2D eigenvalue weighted by Gasteiger charge is 2.32. The van der Waals surface area contributed by atoms with Gasteiger partial charge in [-0.25, -0.2) is 0 Å². The summed E-state index contributed by atoms with van der Waals surface area (Å²) < 4.78 is 10.9. The van der Waals surface area contributed by atoms with Gasteiger partial charge in [-0.05, 0) is 56.2 Å². The second-order valence-electron chi connectivity index (χ2n) is 8.09. The number of rotatable bonds is 4. The van der Waals surface area contributed by atoms with Crippen LogP contribution < -0.4 is 0 Å². The van der Waals surface area contributed by atoms with Crippen LogP contribution in [0, 0.1) is 6.92 Å². The molecular weight excluding hydrogens is 499 g/mol. The second kappa shape index (κ2) is 9.41. The van der Waals surface area contributed by atoms with Gasteiger partial charge in [0.25, 0.3) is 5.91 Å². The fourth-order valence-corrected chi connectivity index (χ4v) is 4.83. The van der Waals surface area contributed by atoms with Crippen LogP contribution in [0.25, 0.3) is 22.6 Å². The summed E-state index contributed by atoms with van der Waals surface area (Å²) in [7, 11) is 0. The first-order valence-electron chi connectivity index (χ1n) is 10.7. The van der Waals surface area contributed by atoms with Crippen LogP contribution in [0.3, 0.4) is 0 Å². The van der Waals surface area contributed by atoms with Crippen LogP contribution in [-0.2, 0) is 0 Å². The molecule has 1 aliphatic heterocycles. The summed E-state index contributed by atoms with van der Waals surface area (Å²) in [6.45, 7) is 2.77. The summed E-state index contributed by atoms with van der Waals surface area (Å²) in [6, 6.07) is 12.4. The molecule has 1 aliphatic rings. The van der Waals surface area contributed by atoms with Gasteiger partial charge >= 0.3 is 0 Å². The molecule has 0 radical (unpaired) electrons. The Kier molecular flexibility index (Phi) is 6.34. The van der Waals surface area contributed by atoms with E-state index in [1.807, 2.05) is 12.1 Å². The third-order valence-corrected chi connectivity index (χ3v) is 6.83. The van der Waals surface area contributed by atoms with Crippen molar-refractivity contribution in [3.8, 4) is 22.6 Å². The van der Waals surface area contributed by atoms with Gasteiger partial charge in [0.2, 0.25) is 11.7 Å². The fraction of sp³-hybridized carbons (Fsp3) is 0.250. The van der Waals surface area contributed by atoms with Gasteiger partial charge in [-0.1, -0.05) is 51.2 Å². The summed E-state index contributed by atoms with van der Waals surface area (Å²) in [6.07, 6.45) is 1.39. The Morgan fingerprint density at radius 2 is 1.65 bits per heavy atom. The SMILES string of the molecule is Cc1onc(-c2c(Cl)cccc2Cl)c1C(=O)N1CCC(c2nc(-c3ccc(Cl)cc3)no2)CC1. The monoisotopic (exact) mass is 516 g/mol. The molecule has 174 valence electrons. The molecule has 1 fully saturated rings. The first-order valence-corrected chi connectivity index (χ1v) is 11.8. The summed E-state index contributed by atoms with van der Waals surface area (Å²) in [5.74, 6) is 1.41. The fourth-order valence-electron chi connectivity index (χ4n) is 4.12. The predicted molar refractivity (Wildman–Crippen MR) is 129 cm³/mol. The normalized spacial score (nSPS) is 14.5. The minimum atomic E-state index is -0.171. The number of carbonyl (C=O) groups is 1. The lowest BCUT2D eigenvalue weighted by atomic mass is 9.95. The first kappa shape index (κ1) is 22.9. The molecule has 0 atom stereocenters. The number of piperidine rings is 1. The van der Waals surface area contributed by atoms with Gasteiger partial charge in [0, 0.05) is 35.2 Å². The molecule has 0 unspecified atom stereocenters. The number of likely N-dealkylation sites (tertiary alicyclic amines) is 1. The largest absolute Gasteiger partial charge is 0.360 e. The van der Waals surface area contributed by atoms with Crippen molar-refractivity contribution in [1.29, 1.82) is 0 Å². The summed E-state index contributed by atoms with van der Waals surface area (Å²) in [4.78, 5) is 19.8. The number of nitrogens with zero attached hydrogens (tertiary/aromatic N) is 4. The van der Waals surface area contributed by atoms with Gasteiger partial charge in [-0.15, -0.1) is 0 Å². The lowest BCUT2D eigenvalue weighted by Gasteiger charge is -2.30. The van der Waals surface area contributed by atoms with Crippen molar-refractivity contribution in [3.63, 3.8) is 0 Å². The predicted octanol–water partition coefficient (Wildman–Crippen LogP) is 6.68. The Bertz CT molecular complexity index is 1320. The lowest BCUT2D eigenvalue weighted by molar-refractivity contribution is 0.0703. The zero-order valence-corrected chi connectivity index (χ0v) is 20.4. The van der Waals surface area contributed by atoms with E-state index in [-0.39, 0.29) is 11.8 Å². The highest BCUT2D eigenvalue weighted by molar-refractivity contribution is 6.39. The lowest BCUT2D eigenvalue weighted by Crippen LogP contribution is -2.38. The molecule has 7 nitrogen and oxygen atoms in total. The Morgan fingerprint density at radius 3 is 2.32 bits per heavy atom. The molecule has 34 heavy (non-hydrogen) atoms. The first-order chi connectivity index (χ1) is 16.4. The van der Waals surface area contributed by atoms with Gasteiger partial charge in [0.1, 0.15) is 17.0 Å². The molecule has 2 aromatic heterocycles. The maximum Gasteiger partial charge on any atom is 0.259 e. The van der Waals surface area contributed by atoms with Crippen LogP contribution >= 0.6 is 34.8 Å². The van der Waals surface area contributed by atoms with E-state index in [1.165, 1.54) is 0 Å². The van der Waals surface area contributed by atoms with Crippen molar-refractivity contribution in [2.75, 3.05) is 13.1 Å². The van der Waals surface area contributed by atoms with Crippen LogP contribution in [0.1, 0.15) is 40.8 Å². The van der Waals surface area contributed by atoms with Crippen molar-refractivity contribution >= 4 is 40.7 Å². The molecule has 4 aromatic rings. The van der Waals surface area contributed by atoms with Crippen LogP contribution in [0.2, 0.25) is 15.1 Å². The Hall–Kier alpha value is -2.87. The molecule has 0 spiro atoms. The summed E-state index contributed by atoms with van der Waals surface area (Å²) in [5.41, 5.74) is 2.04. The van der Waals surface area contributed by atoms with E-state index in [0.29, 0.717) is 75.3 Å².